The standard InChI is InChI=1S/C22H22N6O/c1-16-6-2-3-8-18(16)21-22(28-13-12-23-15-19(28)27-21)25-11-9-20(29)26-14-17-7-4-5-10-24-17/h2-8,10,12-13,15,25H,9,11,14H2,1H3,(H,26,29). The van der Waals surface area contributed by atoms with Crippen LogP contribution < -0.4 is 10.6 Å². The van der Waals surface area contributed by atoms with E-state index >= 15 is 0 Å². The van der Waals surface area contributed by atoms with Crippen molar-refractivity contribution in [2.45, 2.75) is 19.9 Å². The smallest absolute Gasteiger partial charge is 0.222 e. The van der Waals surface area contributed by atoms with Crippen molar-refractivity contribution in [1.29, 1.82) is 0 Å². The van der Waals surface area contributed by atoms with Gasteiger partial charge >= 0.3 is 0 Å². The second-order valence-corrected chi connectivity index (χ2v) is 6.70. The highest BCUT2D eigenvalue weighted by molar-refractivity contribution is 5.79. The Hall–Kier alpha value is -3.74. The number of carbonyl (C=O) groups excluding carboxylic acids is 1. The quantitative estimate of drug-likeness (QED) is 0.509. The van der Waals surface area contributed by atoms with Crippen molar-refractivity contribution in [2.75, 3.05) is 11.9 Å². The van der Waals surface area contributed by atoms with E-state index in [2.05, 4.69) is 39.7 Å². The zero-order valence-corrected chi connectivity index (χ0v) is 16.2. The molecule has 0 spiro atoms. The van der Waals surface area contributed by atoms with Gasteiger partial charge in [0.1, 0.15) is 11.5 Å². The van der Waals surface area contributed by atoms with Crippen LogP contribution in [0.3, 0.4) is 0 Å². The molecule has 7 heteroatoms. The summed E-state index contributed by atoms with van der Waals surface area (Å²) in [5.74, 6) is 0.824. The van der Waals surface area contributed by atoms with Crippen molar-refractivity contribution < 1.29 is 4.79 Å². The molecule has 0 unspecified atom stereocenters. The molecule has 0 aliphatic rings. The van der Waals surface area contributed by atoms with E-state index in [1.807, 2.05) is 40.9 Å². The van der Waals surface area contributed by atoms with Crippen molar-refractivity contribution in [3.63, 3.8) is 0 Å². The third-order valence-electron chi connectivity index (χ3n) is 4.67. The first kappa shape index (κ1) is 18.6. The highest BCUT2D eigenvalue weighted by Gasteiger charge is 2.15. The third kappa shape index (κ3) is 4.24. The molecule has 4 aromatic rings. The Kier molecular flexibility index (Phi) is 5.47. The number of aromatic nitrogens is 4. The lowest BCUT2D eigenvalue weighted by molar-refractivity contribution is -0.121. The number of nitrogens with one attached hydrogen (secondary N) is 2. The molecule has 0 atom stereocenters. The highest BCUT2D eigenvalue weighted by atomic mass is 16.1. The first-order valence-corrected chi connectivity index (χ1v) is 9.51. The Labute approximate surface area is 168 Å². The van der Waals surface area contributed by atoms with E-state index in [0.29, 0.717) is 19.5 Å². The molecule has 0 fully saturated rings. The molecule has 0 saturated heterocycles. The summed E-state index contributed by atoms with van der Waals surface area (Å²) in [5, 5.41) is 6.29. The van der Waals surface area contributed by atoms with E-state index in [-0.39, 0.29) is 5.91 Å². The largest absolute Gasteiger partial charge is 0.369 e. The fraction of sp³-hybridized carbons (Fsp3) is 0.182. The van der Waals surface area contributed by atoms with E-state index in [4.69, 9.17) is 4.98 Å². The number of pyridine rings is 1. The summed E-state index contributed by atoms with van der Waals surface area (Å²) in [7, 11) is 0. The summed E-state index contributed by atoms with van der Waals surface area (Å²) in [6, 6.07) is 13.8. The fourth-order valence-corrected chi connectivity index (χ4v) is 3.18. The van der Waals surface area contributed by atoms with Crippen LogP contribution in [-0.4, -0.2) is 31.8 Å². The van der Waals surface area contributed by atoms with E-state index in [1.165, 1.54) is 0 Å². The van der Waals surface area contributed by atoms with Crippen molar-refractivity contribution in [2.24, 2.45) is 0 Å². The van der Waals surface area contributed by atoms with Crippen LogP contribution in [0.25, 0.3) is 16.9 Å². The summed E-state index contributed by atoms with van der Waals surface area (Å²) in [4.78, 5) is 25.3. The minimum absolute atomic E-state index is 0.0314. The van der Waals surface area contributed by atoms with Gasteiger partial charge < -0.3 is 10.6 Å². The number of rotatable bonds is 7. The molecule has 0 saturated carbocycles. The molecule has 3 heterocycles. The molecule has 4 rings (SSSR count). The van der Waals surface area contributed by atoms with Gasteiger partial charge in [-0.2, -0.15) is 0 Å². The molecule has 2 N–H and O–H groups in total. The average Bonchev–Trinajstić information content (AvgIpc) is 3.12. The van der Waals surface area contributed by atoms with E-state index in [0.717, 1.165) is 34.0 Å². The summed E-state index contributed by atoms with van der Waals surface area (Å²) in [5.41, 5.74) is 4.64. The van der Waals surface area contributed by atoms with Crippen molar-refractivity contribution in [3.05, 3.63) is 78.5 Å². The number of benzene rings is 1. The zero-order chi connectivity index (χ0) is 20.1. The SMILES string of the molecule is Cc1ccccc1-c1nc2cnccn2c1NCCC(=O)NCc1ccccn1. The first-order valence-electron chi connectivity index (χ1n) is 9.51. The van der Waals surface area contributed by atoms with Gasteiger partial charge in [-0.3, -0.25) is 19.2 Å². The third-order valence-corrected chi connectivity index (χ3v) is 4.67. The first-order chi connectivity index (χ1) is 14.2. The average molecular weight is 386 g/mol. The number of carbonyl (C=O) groups is 1. The summed E-state index contributed by atoms with van der Waals surface area (Å²) >= 11 is 0. The lowest BCUT2D eigenvalue weighted by Crippen LogP contribution is -2.25. The second-order valence-electron chi connectivity index (χ2n) is 6.70. The molecular formula is C22H22N6O. The maximum absolute atomic E-state index is 12.2. The van der Waals surface area contributed by atoms with E-state index < -0.39 is 0 Å². The number of imidazole rings is 1. The number of nitrogens with zero attached hydrogens (tertiary/aromatic N) is 4. The van der Waals surface area contributed by atoms with Gasteiger partial charge in [-0.15, -0.1) is 0 Å². The molecule has 7 nitrogen and oxygen atoms in total. The summed E-state index contributed by atoms with van der Waals surface area (Å²) in [6.45, 7) is 2.98. The lowest BCUT2D eigenvalue weighted by atomic mass is 10.1. The van der Waals surface area contributed by atoms with Gasteiger partial charge in [-0.1, -0.05) is 30.3 Å². The Morgan fingerprint density at radius 1 is 1.10 bits per heavy atom. The molecule has 1 aromatic carbocycles. The monoisotopic (exact) mass is 386 g/mol. The van der Waals surface area contributed by atoms with Crippen molar-refractivity contribution in [1.82, 2.24) is 24.7 Å². The van der Waals surface area contributed by atoms with Crippen LogP contribution in [0, 0.1) is 6.92 Å². The molecule has 3 aromatic heterocycles. The molecular weight excluding hydrogens is 364 g/mol. The predicted molar refractivity (Wildman–Crippen MR) is 112 cm³/mol. The van der Waals surface area contributed by atoms with Crippen LogP contribution in [0.1, 0.15) is 17.7 Å². The van der Waals surface area contributed by atoms with Gasteiger partial charge in [0.2, 0.25) is 5.91 Å². The van der Waals surface area contributed by atoms with Crippen LogP contribution in [0.2, 0.25) is 0 Å². The zero-order valence-electron chi connectivity index (χ0n) is 16.2. The normalized spacial score (nSPS) is 10.8. The van der Waals surface area contributed by atoms with Crippen LogP contribution in [0.15, 0.2) is 67.3 Å². The van der Waals surface area contributed by atoms with Crippen LogP contribution in [0.4, 0.5) is 5.82 Å². The number of hydrogen-bond acceptors (Lipinski definition) is 5. The van der Waals surface area contributed by atoms with Gasteiger partial charge in [0, 0.05) is 37.1 Å². The Morgan fingerprint density at radius 2 is 1.97 bits per heavy atom. The minimum atomic E-state index is -0.0314. The van der Waals surface area contributed by atoms with Crippen molar-refractivity contribution >= 4 is 17.4 Å². The van der Waals surface area contributed by atoms with E-state index in [1.54, 1.807) is 18.6 Å². The second kappa shape index (κ2) is 8.52. The molecule has 0 aliphatic heterocycles. The van der Waals surface area contributed by atoms with Gasteiger partial charge in [-0.05, 0) is 24.6 Å². The maximum atomic E-state index is 12.2. The van der Waals surface area contributed by atoms with Crippen molar-refractivity contribution in [3.8, 4) is 11.3 Å². The fourth-order valence-electron chi connectivity index (χ4n) is 3.18. The van der Waals surface area contributed by atoms with Gasteiger partial charge in [0.05, 0.1) is 18.4 Å². The number of aryl methyl sites for hydroxylation is 1. The molecule has 146 valence electrons. The van der Waals surface area contributed by atoms with Gasteiger partial charge in [0.15, 0.2) is 5.65 Å². The molecule has 0 bridgehead atoms. The lowest BCUT2D eigenvalue weighted by Gasteiger charge is -2.10. The Morgan fingerprint density at radius 3 is 2.79 bits per heavy atom. The summed E-state index contributed by atoms with van der Waals surface area (Å²) in [6.07, 6.45) is 7.38. The number of amides is 1. The van der Waals surface area contributed by atoms with Crippen LogP contribution >= 0.6 is 0 Å². The van der Waals surface area contributed by atoms with E-state index in [9.17, 15) is 4.79 Å². The highest BCUT2D eigenvalue weighted by Crippen LogP contribution is 2.30. The topological polar surface area (TPSA) is 84.2 Å². The number of fused-ring (bicyclic) bond motifs is 1. The molecule has 1 amide bonds. The molecule has 0 aliphatic carbocycles. The predicted octanol–water partition coefficient (Wildman–Crippen LogP) is 3.22. The maximum Gasteiger partial charge on any atom is 0.222 e. The Bertz CT molecular complexity index is 1120. The molecule has 29 heavy (non-hydrogen) atoms. The molecule has 0 radical (unpaired) electrons. The van der Waals surface area contributed by atoms with Crippen LogP contribution in [0.5, 0.6) is 0 Å². The Balaban J connectivity index is 1.47. The number of hydrogen-bond donors (Lipinski definition) is 2. The minimum Gasteiger partial charge on any atom is -0.369 e. The van der Waals surface area contributed by atoms with Crippen LogP contribution in [-0.2, 0) is 11.3 Å². The van der Waals surface area contributed by atoms with Gasteiger partial charge in [-0.25, -0.2) is 4.98 Å². The summed E-state index contributed by atoms with van der Waals surface area (Å²) < 4.78 is 1.96. The number of anilines is 1. The van der Waals surface area contributed by atoms with Gasteiger partial charge in [0.25, 0.3) is 0 Å².